The molecule has 0 radical (unpaired) electrons. The van der Waals surface area contributed by atoms with Crippen LogP contribution in [-0.2, 0) is 20.7 Å². The summed E-state index contributed by atoms with van der Waals surface area (Å²) in [6, 6.07) is 3.11. The molecule has 9 heteroatoms. The van der Waals surface area contributed by atoms with E-state index in [-0.39, 0.29) is 49.1 Å². The fraction of sp³-hybridized carbons (Fsp3) is 0.353. The molecule has 1 aromatic carbocycles. The Morgan fingerprint density at radius 3 is 2.88 bits per heavy atom. The van der Waals surface area contributed by atoms with Crippen LogP contribution in [0.4, 0.5) is 8.78 Å². The maximum atomic E-state index is 13.8. The Bertz CT molecular complexity index is 823. The van der Waals surface area contributed by atoms with Crippen molar-refractivity contribution in [3.8, 4) is 11.3 Å². The lowest BCUT2D eigenvalue weighted by Gasteiger charge is -2.30. The number of amides is 1. The Morgan fingerprint density at radius 1 is 1.35 bits per heavy atom. The molecule has 7 nitrogen and oxygen atoms in total. The van der Waals surface area contributed by atoms with Gasteiger partial charge in [0, 0.05) is 25.5 Å². The van der Waals surface area contributed by atoms with E-state index in [4.69, 9.17) is 14.3 Å². The number of carbonyl (C=O) groups is 2. The van der Waals surface area contributed by atoms with Crippen LogP contribution in [0.2, 0.25) is 0 Å². The quantitative estimate of drug-likeness (QED) is 0.868. The number of rotatable bonds is 5. The molecule has 0 unspecified atom stereocenters. The highest BCUT2D eigenvalue weighted by molar-refractivity contribution is 5.78. The van der Waals surface area contributed by atoms with Crippen LogP contribution in [-0.4, -0.2) is 52.7 Å². The van der Waals surface area contributed by atoms with E-state index in [2.05, 4.69) is 4.98 Å². The molecule has 1 aromatic heterocycles. The Morgan fingerprint density at radius 2 is 2.15 bits per heavy atom. The van der Waals surface area contributed by atoms with Crippen molar-refractivity contribution in [2.45, 2.75) is 18.9 Å². The maximum absolute atomic E-state index is 13.8. The molecular formula is C17H16F2N2O5. The van der Waals surface area contributed by atoms with Crippen LogP contribution in [0.25, 0.3) is 11.3 Å². The van der Waals surface area contributed by atoms with E-state index >= 15 is 0 Å². The molecule has 26 heavy (non-hydrogen) atoms. The Kier molecular flexibility index (Phi) is 5.27. The summed E-state index contributed by atoms with van der Waals surface area (Å²) in [6.07, 6.45) is 0.530. The zero-order valence-corrected chi connectivity index (χ0v) is 13.7. The lowest BCUT2D eigenvalue weighted by molar-refractivity contribution is -0.159. The van der Waals surface area contributed by atoms with E-state index < -0.39 is 23.7 Å². The van der Waals surface area contributed by atoms with Gasteiger partial charge in [0.05, 0.1) is 24.9 Å². The van der Waals surface area contributed by atoms with E-state index in [0.717, 1.165) is 12.1 Å². The normalized spacial score (nSPS) is 17.3. The topological polar surface area (TPSA) is 92.9 Å². The fourth-order valence-corrected chi connectivity index (χ4v) is 2.64. The number of aryl methyl sites for hydroxylation is 1. The molecular weight excluding hydrogens is 350 g/mol. The highest BCUT2D eigenvalue weighted by Crippen LogP contribution is 2.24. The summed E-state index contributed by atoms with van der Waals surface area (Å²) < 4.78 is 37.2. The maximum Gasteiger partial charge on any atom is 0.334 e. The van der Waals surface area contributed by atoms with Crippen molar-refractivity contribution in [3.05, 3.63) is 41.9 Å². The molecule has 1 amide bonds. The van der Waals surface area contributed by atoms with Gasteiger partial charge in [-0.15, -0.1) is 0 Å². The van der Waals surface area contributed by atoms with E-state index in [1.165, 1.54) is 17.2 Å². The van der Waals surface area contributed by atoms with E-state index in [0.29, 0.717) is 6.54 Å². The second kappa shape index (κ2) is 7.61. The molecule has 1 fully saturated rings. The van der Waals surface area contributed by atoms with Crippen molar-refractivity contribution < 1.29 is 32.6 Å². The number of hydrogen-bond acceptors (Lipinski definition) is 5. The molecule has 2 aromatic rings. The highest BCUT2D eigenvalue weighted by Gasteiger charge is 2.28. The van der Waals surface area contributed by atoms with Crippen LogP contribution < -0.4 is 0 Å². The van der Waals surface area contributed by atoms with Crippen LogP contribution in [0.3, 0.4) is 0 Å². The van der Waals surface area contributed by atoms with Crippen molar-refractivity contribution in [3.63, 3.8) is 0 Å². The number of ether oxygens (including phenoxy) is 1. The molecule has 1 aliphatic rings. The molecule has 138 valence electrons. The minimum absolute atomic E-state index is 0.00814. The number of aliphatic carboxylic acids is 1. The lowest BCUT2D eigenvalue weighted by atomic mass is 10.2. The van der Waals surface area contributed by atoms with Crippen molar-refractivity contribution in [2.24, 2.45) is 0 Å². The number of carboxylic acids is 1. The van der Waals surface area contributed by atoms with Crippen LogP contribution in [0.1, 0.15) is 12.3 Å². The third-order valence-corrected chi connectivity index (χ3v) is 4.00. The van der Waals surface area contributed by atoms with Gasteiger partial charge in [0.1, 0.15) is 11.6 Å². The first-order valence-electron chi connectivity index (χ1n) is 7.96. The van der Waals surface area contributed by atoms with Gasteiger partial charge < -0.3 is 19.2 Å². The minimum Gasteiger partial charge on any atom is -0.479 e. The number of halogens is 2. The highest BCUT2D eigenvalue weighted by atomic mass is 19.1. The molecule has 1 saturated heterocycles. The van der Waals surface area contributed by atoms with Gasteiger partial charge in [0.25, 0.3) is 0 Å². The molecule has 1 N–H and O–H groups in total. The van der Waals surface area contributed by atoms with Gasteiger partial charge in [-0.05, 0) is 12.1 Å². The van der Waals surface area contributed by atoms with Crippen molar-refractivity contribution in [2.75, 3.05) is 19.7 Å². The van der Waals surface area contributed by atoms with Gasteiger partial charge in [-0.1, -0.05) is 0 Å². The summed E-state index contributed by atoms with van der Waals surface area (Å²) in [4.78, 5) is 28.6. The third kappa shape index (κ3) is 4.05. The number of carbonyl (C=O) groups excluding carboxylic acids is 1. The monoisotopic (exact) mass is 366 g/mol. The number of benzene rings is 1. The summed E-state index contributed by atoms with van der Waals surface area (Å²) in [6.45, 7) is 0.474. The molecule has 3 rings (SSSR count). The smallest absolute Gasteiger partial charge is 0.334 e. The summed E-state index contributed by atoms with van der Waals surface area (Å²) >= 11 is 0. The summed E-state index contributed by atoms with van der Waals surface area (Å²) in [5.41, 5.74) is 0.0777. The number of oxazole rings is 1. The lowest BCUT2D eigenvalue weighted by Crippen LogP contribution is -2.48. The Hall–Kier alpha value is -2.81. The Labute approximate surface area is 147 Å². The number of nitrogens with zero attached hydrogens (tertiary/aromatic N) is 2. The fourth-order valence-electron chi connectivity index (χ4n) is 2.64. The molecule has 0 bridgehead atoms. The number of aromatic nitrogens is 1. The number of carboxylic acid groups (broad SMARTS) is 1. The average Bonchev–Trinajstić information content (AvgIpc) is 3.08. The third-order valence-electron chi connectivity index (χ3n) is 4.00. The van der Waals surface area contributed by atoms with E-state index in [9.17, 15) is 18.4 Å². The van der Waals surface area contributed by atoms with Gasteiger partial charge in [0.2, 0.25) is 5.91 Å². The van der Waals surface area contributed by atoms with Gasteiger partial charge >= 0.3 is 5.97 Å². The summed E-state index contributed by atoms with van der Waals surface area (Å²) in [5, 5.41) is 8.95. The molecule has 0 aliphatic carbocycles. The zero-order chi connectivity index (χ0) is 18.7. The van der Waals surface area contributed by atoms with Crippen LogP contribution >= 0.6 is 0 Å². The molecule has 0 saturated carbocycles. The molecule has 0 spiro atoms. The first-order chi connectivity index (χ1) is 12.4. The second-order valence-electron chi connectivity index (χ2n) is 5.78. The van der Waals surface area contributed by atoms with Crippen molar-refractivity contribution >= 4 is 11.9 Å². The predicted molar refractivity (Wildman–Crippen MR) is 84.1 cm³/mol. The minimum atomic E-state index is -1.11. The Balaban J connectivity index is 1.59. The van der Waals surface area contributed by atoms with Crippen LogP contribution in [0.5, 0.6) is 0 Å². The second-order valence-corrected chi connectivity index (χ2v) is 5.78. The molecule has 1 atom stereocenters. The van der Waals surface area contributed by atoms with Gasteiger partial charge in [-0.25, -0.2) is 18.6 Å². The molecule has 2 heterocycles. The van der Waals surface area contributed by atoms with E-state index in [1.807, 2.05) is 0 Å². The number of hydrogen-bond donors (Lipinski definition) is 1. The predicted octanol–water partition coefficient (Wildman–Crippen LogP) is 1.86. The van der Waals surface area contributed by atoms with Crippen LogP contribution in [0.15, 0.2) is 28.8 Å². The SMILES string of the molecule is O=C(O)[C@H]1CN(C(=O)CCc2ncc(-c3ccc(F)cc3F)o2)CCO1. The largest absolute Gasteiger partial charge is 0.479 e. The van der Waals surface area contributed by atoms with Crippen molar-refractivity contribution in [1.29, 1.82) is 0 Å². The first kappa shape index (κ1) is 18.0. The van der Waals surface area contributed by atoms with Gasteiger partial charge in [-0.3, -0.25) is 4.79 Å². The summed E-state index contributed by atoms with van der Waals surface area (Å²) in [7, 11) is 0. The average molecular weight is 366 g/mol. The van der Waals surface area contributed by atoms with Crippen molar-refractivity contribution in [1.82, 2.24) is 9.88 Å². The van der Waals surface area contributed by atoms with Crippen LogP contribution in [0, 0.1) is 11.6 Å². The van der Waals surface area contributed by atoms with Gasteiger partial charge in [-0.2, -0.15) is 0 Å². The standard InChI is InChI=1S/C17H16F2N2O5/c18-10-1-2-11(12(19)7-10)13-8-20-15(26-13)3-4-16(22)21-5-6-25-14(9-21)17(23)24/h1-2,7-8,14H,3-6,9H2,(H,23,24)/t14-/m1/s1. The first-order valence-corrected chi connectivity index (χ1v) is 7.96. The zero-order valence-electron chi connectivity index (χ0n) is 13.7. The van der Waals surface area contributed by atoms with E-state index in [1.54, 1.807) is 0 Å². The summed E-state index contributed by atoms with van der Waals surface area (Å²) in [5.74, 6) is -2.44. The van der Waals surface area contributed by atoms with Gasteiger partial charge in [0.15, 0.2) is 17.8 Å². The number of morpholine rings is 1. The molecule has 1 aliphatic heterocycles.